The quantitative estimate of drug-likeness (QED) is 0.764. The van der Waals surface area contributed by atoms with E-state index in [9.17, 15) is 9.59 Å². The molecule has 5 heteroatoms. The molecule has 1 fully saturated rings. The topological polar surface area (TPSA) is 69.6 Å². The molecular formula is C13H24N2O3. The van der Waals surface area contributed by atoms with Crippen LogP contribution in [0.25, 0.3) is 0 Å². The number of amides is 2. The summed E-state index contributed by atoms with van der Waals surface area (Å²) in [6.07, 6.45) is 3.48. The lowest BCUT2D eigenvalue weighted by molar-refractivity contribution is -0.147. The van der Waals surface area contributed by atoms with Gasteiger partial charge < -0.3 is 15.3 Å². The second kappa shape index (κ2) is 5.59. The molecule has 1 rings (SSSR count). The molecule has 2 N–H and O–H groups in total. The molecule has 0 aliphatic heterocycles. The summed E-state index contributed by atoms with van der Waals surface area (Å²) >= 11 is 0. The molecule has 0 saturated heterocycles. The molecule has 1 atom stereocenters. The Balaban J connectivity index is 2.57. The van der Waals surface area contributed by atoms with Gasteiger partial charge in [0.2, 0.25) is 0 Å². The molecule has 0 spiro atoms. The molecule has 0 aromatic heterocycles. The molecule has 5 nitrogen and oxygen atoms in total. The molecule has 1 aliphatic rings. The van der Waals surface area contributed by atoms with Crippen LogP contribution in [-0.4, -0.2) is 40.1 Å². The Bertz CT molecular complexity index is 324. The van der Waals surface area contributed by atoms with Gasteiger partial charge in [0, 0.05) is 12.6 Å². The van der Waals surface area contributed by atoms with Gasteiger partial charge in [-0.15, -0.1) is 0 Å². The van der Waals surface area contributed by atoms with Gasteiger partial charge in [0.25, 0.3) is 0 Å². The number of urea groups is 1. The highest BCUT2D eigenvalue weighted by atomic mass is 16.4. The second-order valence-electron chi connectivity index (χ2n) is 5.64. The number of hydrogen-bond acceptors (Lipinski definition) is 2. The number of hydrogen-bond donors (Lipinski definition) is 2. The number of carbonyl (C=O) groups excluding carboxylic acids is 1. The van der Waals surface area contributed by atoms with Crippen molar-refractivity contribution < 1.29 is 14.7 Å². The van der Waals surface area contributed by atoms with E-state index in [0.29, 0.717) is 6.54 Å². The fourth-order valence-electron chi connectivity index (χ4n) is 2.11. The van der Waals surface area contributed by atoms with Gasteiger partial charge in [-0.2, -0.15) is 0 Å². The van der Waals surface area contributed by atoms with E-state index in [-0.39, 0.29) is 12.1 Å². The lowest BCUT2D eigenvalue weighted by Crippen LogP contribution is -2.57. The van der Waals surface area contributed by atoms with E-state index in [2.05, 4.69) is 5.32 Å². The van der Waals surface area contributed by atoms with E-state index in [4.69, 9.17) is 5.11 Å². The third-order valence-corrected chi connectivity index (χ3v) is 3.51. The highest BCUT2D eigenvalue weighted by Gasteiger charge is 2.37. The van der Waals surface area contributed by atoms with E-state index in [1.165, 1.54) is 17.7 Å². The Morgan fingerprint density at radius 1 is 1.44 bits per heavy atom. The molecule has 0 radical (unpaired) electrons. The van der Waals surface area contributed by atoms with Gasteiger partial charge >= 0.3 is 12.0 Å². The van der Waals surface area contributed by atoms with Gasteiger partial charge in [-0.05, 0) is 40.0 Å². The summed E-state index contributed by atoms with van der Waals surface area (Å²) in [4.78, 5) is 24.6. The summed E-state index contributed by atoms with van der Waals surface area (Å²) in [5.41, 5.74) is -1.18. The third kappa shape index (κ3) is 3.62. The molecule has 0 bridgehead atoms. The largest absolute Gasteiger partial charge is 0.480 e. The van der Waals surface area contributed by atoms with Gasteiger partial charge in [0.05, 0.1) is 0 Å². The van der Waals surface area contributed by atoms with Crippen molar-refractivity contribution in [3.05, 3.63) is 0 Å². The van der Waals surface area contributed by atoms with Gasteiger partial charge in [-0.3, -0.25) is 0 Å². The summed E-state index contributed by atoms with van der Waals surface area (Å²) in [5.74, 6) is -0.253. The van der Waals surface area contributed by atoms with Crippen LogP contribution in [0, 0.1) is 5.92 Å². The van der Waals surface area contributed by atoms with Crippen molar-refractivity contribution in [1.29, 1.82) is 0 Å². The van der Waals surface area contributed by atoms with Crippen LogP contribution in [0.2, 0.25) is 0 Å². The van der Waals surface area contributed by atoms with Gasteiger partial charge in [-0.1, -0.05) is 12.8 Å². The molecule has 1 saturated carbocycles. The van der Waals surface area contributed by atoms with Crippen molar-refractivity contribution in [3.63, 3.8) is 0 Å². The van der Waals surface area contributed by atoms with Crippen molar-refractivity contribution in [2.45, 2.75) is 58.5 Å². The van der Waals surface area contributed by atoms with Crippen LogP contribution >= 0.6 is 0 Å². The van der Waals surface area contributed by atoms with Crippen molar-refractivity contribution in [2.24, 2.45) is 5.92 Å². The number of carboxylic acid groups (broad SMARTS) is 1. The van der Waals surface area contributed by atoms with Gasteiger partial charge in [-0.25, -0.2) is 9.59 Å². The number of aliphatic carboxylic acids is 1. The molecule has 1 aliphatic carbocycles. The zero-order valence-electron chi connectivity index (χ0n) is 11.7. The number of rotatable bonds is 6. The summed E-state index contributed by atoms with van der Waals surface area (Å²) < 4.78 is 0. The smallest absolute Gasteiger partial charge is 0.329 e. The fourth-order valence-corrected chi connectivity index (χ4v) is 2.11. The summed E-state index contributed by atoms with van der Waals surface area (Å²) in [6, 6.07) is -0.193. The van der Waals surface area contributed by atoms with Crippen molar-refractivity contribution in [3.8, 4) is 0 Å². The first-order chi connectivity index (χ1) is 8.28. The highest BCUT2D eigenvalue weighted by molar-refractivity contribution is 5.85. The van der Waals surface area contributed by atoms with Crippen LogP contribution in [0.4, 0.5) is 4.79 Å². The Morgan fingerprint density at radius 3 is 2.39 bits per heavy atom. The summed E-state index contributed by atoms with van der Waals surface area (Å²) in [5, 5.41) is 12.0. The second-order valence-corrected chi connectivity index (χ2v) is 5.64. The number of carboxylic acids is 1. The maximum absolute atomic E-state index is 12.1. The SMILES string of the molecule is CCN(C(=O)NC(C)CC1CC1)C(C)(C)C(=O)O. The van der Waals surface area contributed by atoms with E-state index in [0.717, 1.165) is 12.3 Å². The molecular weight excluding hydrogens is 232 g/mol. The normalized spacial score (nSPS) is 17.1. The zero-order valence-corrected chi connectivity index (χ0v) is 11.7. The van der Waals surface area contributed by atoms with Crippen LogP contribution in [0.3, 0.4) is 0 Å². The van der Waals surface area contributed by atoms with E-state index in [1.54, 1.807) is 20.8 Å². The standard InChI is InChI=1S/C13H24N2O3/c1-5-15(13(3,4)11(16)17)12(18)14-9(2)8-10-6-7-10/h9-10H,5-8H2,1-4H3,(H,14,18)(H,16,17). The predicted molar refractivity (Wildman–Crippen MR) is 69.4 cm³/mol. The Labute approximate surface area is 109 Å². The number of likely N-dealkylation sites (N-methyl/N-ethyl adjacent to an activating group) is 1. The number of nitrogens with one attached hydrogen (secondary N) is 1. The average molecular weight is 256 g/mol. The Kier molecular flexibility index (Phi) is 4.59. The first-order valence-electron chi connectivity index (χ1n) is 6.60. The van der Waals surface area contributed by atoms with Crippen LogP contribution in [0.15, 0.2) is 0 Å². The number of nitrogens with zero attached hydrogens (tertiary/aromatic N) is 1. The maximum atomic E-state index is 12.1. The lowest BCUT2D eigenvalue weighted by Gasteiger charge is -2.35. The van der Waals surface area contributed by atoms with Crippen molar-refractivity contribution in [2.75, 3.05) is 6.54 Å². The van der Waals surface area contributed by atoms with Crippen molar-refractivity contribution >= 4 is 12.0 Å². The fraction of sp³-hybridized carbons (Fsp3) is 0.846. The third-order valence-electron chi connectivity index (χ3n) is 3.51. The summed E-state index contributed by atoms with van der Waals surface area (Å²) in [6.45, 7) is 7.23. The van der Waals surface area contributed by atoms with Crippen LogP contribution < -0.4 is 5.32 Å². The molecule has 0 aromatic rings. The van der Waals surface area contributed by atoms with E-state index < -0.39 is 11.5 Å². The average Bonchev–Trinajstić information content (AvgIpc) is 3.01. The minimum Gasteiger partial charge on any atom is -0.480 e. The minimum absolute atomic E-state index is 0.101. The van der Waals surface area contributed by atoms with Gasteiger partial charge in [0.1, 0.15) is 5.54 Å². The van der Waals surface area contributed by atoms with Gasteiger partial charge in [0.15, 0.2) is 0 Å². The lowest BCUT2D eigenvalue weighted by atomic mass is 10.0. The van der Waals surface area contributed by atoms with Crippen LogP contribution in [-0.2, 0) is 4.79 Å². The molecule has 0 aromatic carbocycles. The molecule has 0 heterocycles. The molecule has 104 valence electrons. The molecule has 2 amide bonds. The zero-order chi connectivity index (χ0) is 13.9. The van der Waals surface area contributed by atoms with Crippen LogP contribution in [0.1, 0.15) is 47.0 Å². The summed E-state index contributed by atoms with van der Waals surface area (Å²) in [7, 11) is 0. The Hall–Kier alpha value is -1.26. The first kappa shape index (κ1) is 14.8. The monoisotopic (exact) mass is 256 g/mol. The number of carbonyl (C=O) groups is 2. The molecule has 18 heavy (non-hydrogen) atoms. The van der Waals surface area contributed by atoms with E-state index >= 15 is 0 Å². The van der Waals surface area contributed by atoms with Crippen LogP contribution in [0.5, 0.6) is 0 Å². The molecule has 1 unspecified atom stereocenters. The minimum atomic E-state index is -1.18. The first-order valence-corrected chi connectivity index (χ1v) is 6.60. The van der Waals surface area contributed by atoms with Crippen molar-refractivity contribution in [1.82, 2.24) is 10.2 Å². The predicted octanol–water partition coefficient (Wildman–Crippen LogP) is 2.07. The Morgan fingerprint density at radius 2 is 2.00 bits per heavy atom. The van der Waals surface area contributed by atoms with E-state index in [1.807, 2.05) is 6.92 Å². The maximum Gasteiger partial charge on any atom is 0.329 e. The highest BCUT2D eigenvalue weighted by Crippen LogP contribution is 2.33.